The molecule has 0 saturated heterocycles. The van der Waals surface area contributed by atoms with Crippen molar-refractivity contribution in [3.63, 3.8) is 0 Å². The summed E-state index contributed by atoms with van der Waals surface area (Å²) in [6, 6.07) is 8.73. The quantitative estimate of drug-likeness (QED) is 0.645. The highest BCUT2D eigenvalue weighted by Crippen LogP contribution is 2.17. The first kappa shape index (κ1) is 7.55. The second kappa shape index (κ2) is 2.75. The molecule has 0 unspecified atom stereocenters. The minimum atomic E-state index is -0.319. The fourth-order valence-corrected chi connectivity index (χ4v) is 1.37. The standard InChI is InChI=1S/C9H5BrO2/c10-7-3-1-6-2-4-9(11)12-8(6)5-7/h1-5H. The third kappa shape index (κ3) is 1.28. The average Bonchev–Trinajstić information content (AvgIpc) is 2.03. The van der Waals surface area contributed by atoms with Gasteiger partial charge in [-0.05, 0) is 18.2 Å². The van der Waals surface area contributed by atoms with E-state index in [1.807, 2.05) is 12.1 Å². The predicted molar refractivity (Wildman–Crippen MR) is 50.2 cm³/mol. The molecule has 0 spiro atoms. The van der Waals surface area contributed by atoms with Crippen molar-refractivity contribution < 1.29 is 4.42 Å². The van der Waals surface area contributed by atoms with Gasteiger partial charge in [-0.25, -0.2) is 4.79 Å². The van der Waals surface area contributed by atoms with Crippen molar-refractivity contribution in [2.45, 2.75) is 0 Å². The average molecular weight is 225 g/mol. The van der Waals surface area contributed by atoms with E-state index >= 15 is 0 Å². The lowest BCUT2D eigenvalue weighted by Gasteiger charge is -1.94. The van der Waals surface area contributed by atoms with Crippen LogP contribution in [0.2, 0.25) is 0 Å². The minimum absolute atomic E-state index is 0.319. The zero-order valence-corrected chi connectivity index (χ0v) is 7.67. The highest BCUT2D eigenvalue weighted by atomic mass is 79.9. The van der Waals surface area contributed by atoms with E-state index < -0.39 is 0 Å². The number of hydrogen-bond donors (Lipinski definition) is 0. The largest absolute Gasteiger partial charge is 0.423 e. The molecule has 2 rings (SSSR count). The van der Waals surface area contributed by atoms with Crippen LogP contribution in [0.1, 0.15) is 0 Å². The molecule has 60 valence electrons. The van der Waals surface area contributed by atoms with Gasteiger partial charge in [0.05, 0.1) is 0 Å². The van der Waals surface area contributed by atoms with Gasteiger partial charge in [0.2, 0.25) is 0 Å². The van der Waals surface area contributed by atoms with Crippen molar-refractivity contribution in [3.05, 3.63) is 45.2 Å². The number of fused-ring (bicyclic) bond motifs is 1. The van der Waals surface area contributed by atoms with Crippen molar-refractivity contribution in [2.24, 2.45) is 0 Å². The van der Waals surface area contributed by atoms with Gasteiger partial charge in [-0.1, -0.05) is 22.0 Å². The smallest absolute Gasteiger partial charge is 0.336 e. The Morgan fingerprint density at radius 3 is 2.75 bits per heavy atom. The molecule has 0 fully saturated rings. The van der Waals surface area contributed by atoms with Gasteiger partial charge in [0.1, 0.15) is 5.58 Å². The van der Waals surface area contributed by atoms with Gasteiger partial charge in [-0.15, -0.1) is 0 Å². The maximum atomic E-state index is 10.8. The van der Waals surface area contributed by atoms with E-state index in [0.29, 0.717) is 5.58 Å². The third-order valence-corrected chi connectivity index (χ3v) is 2.08. The van der Waals surface area contributed by atoms with Gasteiger partial charge < -0.3 is 4.42 Å². The van der Waals surface area contributed by atoms with Gasteiger partial charge in [0.15, 0.2) is 0 Å². The van der Waals surface area contributed by atoms with Gasteiger partial charge in [0, 0.05) is 15.9 Å². The zero-order valence-electron chi connectivity index (χ0n) is 6.08. The van der Waals surface area contributed by atoms with Crippen molar-refractivity contribution >= 4 is 26.9 Å². The Labute approximate surface area is 76.9 Å². The summed E-state index contributed by atoms with van der Waals surface area (Å²) in [7, 11) is 0. The highest BCUT2D eigenvalue weighted by molar-refractivity contribution is 9.10. The first-order valence-electron chi connectivity index (χ1n) is 3.45. The van der Waals surface area contributed by atoms with Crippen LogP contribution in [0.4, 0.5) is 0 Å². The van der Waals surface area contributed by atoms with E-state index in [1.54, 1.807) is 12.1 Å². The molecule has 3 heteroatoms. The summed E-state index contributed by atoms with van der Waals surface area (Å²) < 4.78 is 5.86. The molecule has 0 bridgehead atoms. The topological polar surface area (TPSA) is 30.2 Å². The van der Waals surface area contributed by atoms with Crippen LogP contribution >= 0.6 is 15.9 Å². The first-order chi connectivity index (χ1) is 5.75. The van der Waals surface area contributed by atoms with E-state index in [-0.39, 0.29) is 5.63 Å². The van der Waals surface area contributed by atoms with Crippen molar-refractivity contribution in [1.82, 2.24) is 0 Å². The SMILES string of the molecule is O=c1ccc2ccc(Br)cc2o1. The molecule has 0 N–H and O–H groups in total. The lowest BCUT2D eigenvalue weighted by atomic mass is 10.2. The molecular formula is C9H5BrO2. The first-order valence-corrected chi connectivity index (χ1v) is 4.24. The fourth-order valence-electron chi connectivity index (χ4n) is 1.03. The number of hydrogen-bond acceptors (Lipinski definition) is 2. The molecule has 0 aliphatic carbocycles. The molecular weight excluding hydrogens is 220 g/mol. The van der Waals surface area contributed by atoms with E-state index in [9.17, 15) is 4.79 Å². The lowest BCUT2D eigenvalue weighted by molar-refractivity contribution is 0.561. The summed E-state index contributed by atoms with van der Waals surface area (Å²) in [5.41, 5.74) is 0.289. The van der Waals surface area contributed by atoms with E-state index in [2.05, 4.69) is 15.9 Å². The Morgan fingerprint density at radius 2 is 1.92 bits per heavy atom. The van der Waals surface area contributed by atoms with Crippen molar-refractivity contribution in [3.8, 4) is 0 Å². The van der Waals surface area contributed by atoms with E-state index in [4.69, 9.17) is 4.42 Å². The van der Waals surface area contributed by atoms with Crippen molar-refractivity contribution in [2.75, 3.05) is 0 Å². The van der Waals surface area contributed by atoms with Crippen LogP contribution in [0.15, 0.2) is 44.0 Å². The molecule has 0 radical (unpaired) electrons. The third-order valence-electron chi connectivity index (χ3n) is 1.59. The van der Waals surface area contributed by atoms with Gasteiger partial charge in [-0.3, -0.25) is 0 Å². The monoisotopic (exact) mass is 224 g/mol. The Morgan fingerprint density at radius 1 is 1.17 bits per heavy atom. The van der Waals surface area contributed by atoms with Gasteiger partial charge in [-0.2, -0.15) is 0 Å². The molecule has 0 amide bonds. The summed E-state index contributed by atoms with van der Waals surface area (Å²) in [5.74, 6) is 0. The molecule has 0 aliphatic rings. The Kier molecular flexibility index (Phi) is 1.73. The van der Waals surface area contributed by atoms with Crippen LogP contribution in [0.25, 0.3) is 11.0 Å². The second-order valence-corrected chi connectivity index (χ2v) is 3.35. The summed E-state index contributed by atoms with van der Waals surface area (Å²) in [4.78, 5) is 10.8. The highest BCUT2D eigenvalue weighted by Gasteiger charge is 1.96. The van der Waals surface area contributed by atoms with Crippen LogP contribution in [0.5, 0.6) is 0 Å². The number of halogens is 1. The van der Waals surface area contributed by atoms with Gasteiger partial charge in [0.25, 0.3) is 0 Å². The van der Waals surface area contributed by atoms with Crippen LogP contribution < -0.4 is 5.63 Å². The maximum absolute atomic E-state index is 10.8. The molecule has 2 aromatic rings. The Hall–Kier alpha value is -1.09. The summed E-state index contributed by atoms with van der Waals surface area (Å²) >= 11 is 3.29. The fraction of sp³-hybridized carbons (Fsp3) is 0. The Balaban J connectivity index is 2.89. The minimum Gasteiger partial charge on any atom is -0.423 e. The van der Waals surface area contributed by atoms with Crippen LogP contribution in [-0.2, 0) is 0 Å². The maximum Gasteiger partial charge on any atom is 0.336 e. The molecule has 0 saturated carbocycles. The molecule has 0 aliphatic heterocycles. The number of rotatable bonds is 0. The summed E-state index contributed by atoms with van der Waals surface area (Å²) in [6.07, 6.45) is 0. The lowest BCUT2D eigenvalue weighted by Crippen LogP contribution is -1.93. The molecule has 1 aromatic carbocycles. The molecule has 1 heterocycles. The zero-order chi connectivity index (χ0) is 8.55. The van der Waals surface area contributed by atoms with Gasteiger partial charge >= 0.3 is 5.63 Å². The molecule has 0 atom stereocenters. The normalized spacial score (nSPS) is 10.4. The number of benzene rings is 1. The predicted octanol–water partition coefficient (Wildman–Crippen LogP) is 2.56. The Bertz CT molecular complexity index is 473. The van der Waals surface area contributed by atoms with Crippen LogP contribution in [-0.4, -0.2) is 0 Å². The van der Waals surface area contributed by atoms with Crippen LogP contribution in [0, 0.1) is 0 Å². The summed E-state index contributed by atoms with van der Waals surface area (Å²) in [5, 5.41) is 0.929. The molecule has 2 nitrogen and oxygen atoms in total. The van der Waals surface area contributed by atoms with Crippen molar-refractivity contribution in [1.29, 1.82) is 0 Å². The second-order valence-electron chi connectivity index (χ2n) is 2.44. The van der Waals surface area contributed by atoms with E-state index in [1.165, 1.54) is 6.07 Å². The molecule has 1 aromatic heterocycles. The molecule has 12 heavy (non-hydrogen) atoms. The van der Waals surface area contributed by atoms with Crippen LogP contribution in [0.3, 0.4) is 0 Å². The summed E-state index contributed by atoms with van der Waals surface area (Å²) in [6.45, 7) is 0. The van der Waals surface area contributed by atoms with E-state index in [0.717, 1.165) is 9.86 Å².